The Balaban J connectivity index is 1.17. The molecule has 0 atom stereocenters. The normalized spacial score (nSPS) is 14.3. The van der Waals surface area contributed by atoms with Crippen molar-refractivity contribution >= 4 is 34.3 Å². The molecule has 1 amide bonds. The SMILES string of the molecule is O=C(CCCCSc1ccnc2cc(C(F)(F)F)ccc12)NCc1ccc(N2CCNCC2)cc1. The maximum Gasteiger partial charge on any atom is 0.416 e. The maximum absolute atomic E-state index is 12.9. The minimum Gasteiger partial charge on any atom is -0.369 e. The smallest absolute Gasteiger partial charge is 0.369 e. The van der Waals surface area contributed by atoms with Crippen LogP contribution in [-0.2, 0) is 17.5 Å². The van der Waals surface area contributed by atoms with Crippen LogP contribution in [0.5, 0.6) is 0 Å². The first-order chi connectivity index (χ1) is 16.9. The number of fused-ring (bicyclic) bond motifs is 1. The molecule has 1 aliphatic rings. The first kappa shape index (κ1) is 25.3. The van der Waals surface area contributed by atoms with Crippen molar-refractivity contribution in [2.24, 2.45) is 0 Å². The van der Waals surface area contributed by atoms with Gasteiger partial charge in [0.1, 0.15) is 0 Å². The minimum absolute atomic E-state index is 0.0234. The lowest BCUT2D eigenvalue weighted by atomic mass is 10.1. The molecule has 2 aromatic carbocycles. The number of aromatic nitrogens is 1. The molecule has 0 aliphatic carbocycles. The zero-order valence-electron chi connectivity index (χ0n) is 19.4. The van der Waals surface area contributed by atoms with Crippen LogP contribution in [-0.4, -0.2) is 42.8 Å². The molecule has 5 nitrogen and oxygen atoms in total. The van der Waals surface area contributed by atoms with Gasteiger partial charge in [0.2, 0.25) is 5.91 Å². The van der Waals surface area contributed by atoms with Crippen molar-refractivity contribution in [3.63, 3.8) is 0 Å². The summed E-state index contributed by atoms with van der Waals surface area (Å²) in [5.74, 6) is 0.802. The third kappa shape index (κ3) is 7.11. The number of unbranched alkanes of at least 4 members (excludes halogenated alkanes) is 1. The largest absolute Gasteiger partial charge is 0.416 e. The molecular weight excluding hydrogens is 473 g/mol. The summed E-state index contributed by atoms with van der Waals surface area (Å²) in [6, 6.07) is 13.8. The Labute approximate surface area is 207 Å². The zero-order valence-corrected chi connectivity index (χ0v) is 20.2. The number of piperazine rings is 1. The van der Waals surface area contributed by atoms with E-state index in [4.69, 9.17) is 0 Å². The van der Waals surface area contributed by atoms with Gasteiger partial charge < -0.3 is 15.5 Å². The van der Waals surface area contributed by atoms with E-state index in [1.54, 1.807) is 11.8 Å². The Bertz CT molecular complexity index is 1130. The highest BCUT2D eigenvalue weighted by Gasteiger charge is 2.30. The van der Waals surface area contributed by atoms with Crippen LogP contribution in [0.1, 0.15) is 30.4 Å². The molecule has 4 rings (SSSR count). The molecule has 35 heavy (non-hydrogen) atoms. The number of carbonyl (C=O) groups is 1. The molecule has 2 heterocycles. The second-order valence-electron chi connectivity index (χ2n) is 8.52. The number of hydrogen-bond acceptors (Lipinski definition) is 5. The Morgan fingerprint density at radius 1 is 1.06 bits per heavy atom. The van der Waals surface area contributed by atoms with E-state index < -0.39 is 11.7 Å². The fraction of sp³-hybridized carbons (Fsp3) is 0.385. The van der Waals surface area contributed by atoms with Gasteiger partial charge in [0, 0.05) is 61.3 Å². The maximum atomic E-state index is 12.9. The third-order valence-electron chi connectivity index (χ3n) is 5.99. The number of benzene rings is 2. The predicted molar refractivity (Wildman–Crippen MR) is 135 cm³/mol. The first-order valence-corrected chi connectivity index (χ1v) is 12.8. The number of nitrogens with one attached hydrogen (secondary N) is 2. The van der Waals surface area contributed by atoms with Crippen LogP contribution in [0.15, 0.2) is 59.6 Å². The van der Waals surface area contributed by atoms with E-state index in [2.05, 4.69) is 44.8 Å². The van der Waals surface area contributed by atoms with E-state index >= 15 is 0 Å². The van der Waals surface area contributed by atoms with E-state index in [1.165, 1.54) is 18.0 Å². The molecule has 9 heteroatoms. The second kappa shape index (κ2) is 11.8. The Morgan fingerprint density at radius 3 is 2.57 bits per heavy atom. The van der Waals surface area contributed by atoms with Crippen LogP contribution in [0, 0.1) is 0 Å². The first-order valence-electron chi connectivity index (χ1n) is 11.8. The van der Waals surface area contributed by atoms with Crippen molar-refractivity contribution in [1.82, 2.24) is 15.6 Å². The summed E-state index contributed by atoms with van der Waals surface area (Å²) in [4.78, 5) is 19.6. The molecule has 3 aromatic rings. The van der Waals surface area contributed by atoms with Crippen molar-refractivity contribution < 1.29 is 18.0 Å². The number of alkyl halides is 3. The number of pyridine rings is 1. The number of nitrogens with zero attached hydrogens (tertiary/aromatic N) is 2. The summed E-state index contributed by atoms with van der Waals surface area (Å²) in [6.45, 7) is 4.52. The molecule has 1 aromatic heterocycles. The number of thioether (sulfide) groups is 1. The van der Waals surface area contributed by atoms with Gasteiger partial charge in [-0.15, -0.1) is 11.8 Å². The Morgan fingerprint density at radius 2 is 1.83 bits per heavy atom. The number of rotatable bonds is 9. The third-order valence-corrected chi connectivity index (χ3v) is 7.15. The summed E-state index contributed by atoms with van der Waals surface area (Å²) >= 11 is 1.58. The molecule has 2 N–H and O–H groups in total. The summed E-state index contributed by atoms with van der Waals surface area (Å²) in [5.41, 5.74) is 1.93. The quantitative estimate of drug-likeness (QED) is 0.310. The molecule has 0 unspecified atom stereocenters. The molecule has 0 spiro atoms. The number of carbonyl (C=O) groups excluding carboxylic acids is 1. The Kier molecular flexibility index (Phi) is 8.51. The fourth-order valence-corrected chi connectivity index (χ4v) is 5.08. The lowest BCUT2D eigenvalue weighted by molar-refractivity contribution is -0.137. The van der Waals surface area contributed by atoms with Gasteiger partial charge in [0.05, 0.1) is 11.1 Å². The van der Waals surface area contributed by atoms with Crippen LogP contribution in [0.2, 0.25) is 0 Å². The summed E-state index contributed by atoms with van der Waals surface area (Å²) < 4.78 is 38.8. The zero-order chi connectivity index (χ0) is 24.7. The number of amides is 1. The van der Waals surface area contributed by atoms with E-state index in [-0.39, 0.29) is 5.91 Å². The van der Waals surface area contributed by atoms with Gasteiger partial charge in [-0.2, -0.15) is 13.2 Å². The van der Waals surface area contributed by atoms with Gasteiger partial charge in [-0.3, -0.25) is 9.78 Å². The summed E-state index contributed by atoms with van der Waals surface area (Å²) in [6.07, 6.45) is -0.808. The van der Waals surface area contributed by atoms with Gasteiger partial charge >= 0.3 is 6.18 Å². The molecule has 1 aliphatic heterocycles. The van der Waals surface area contributed by atoms with Gasteiger partial charge in [0.25, 0.3) is 0 Å². The molecule has 1 saturated heterocycles. The standard InChI is InChI=1S/C26H29F3N4OS/c27-26(28,29)20-6-9-22-23(17-20)31-11-10-24(22)35-16-2-1-3-25(34)32-18-19-4-7-21(8-5-19)33-14-12-30-13-15-33/h4-11,17,30H,1-3,12-16,18H2,(H,32,34). The average Bonchev–Trinajstić information content (AvgIpc) is 2.87. The van der Waals surface area contributed by atoms with Crippen molar-refractivity contribution in [2.75, 3.05) is 36.8 Å². The van der Waals surface area contributed by atoms with Gasteiger partial charge in [-0.25, -0.2) is 0 Å². The van der Waals surface area contributed by atoms with Crippen LogP contribution >= 0.6 is 11.8 Å². The second-order valence-corrected chi connectivity index (χ2v) is 9.66. The molecule has 0 radical (unpaired) electrons. The lowest BCUT2D eigenvalue weighted by Gasteiger charge is -2.29. The highest BCUT2D eigenvalue weighted by Crippen LogP contribution is 2.34. The van der Waals surface area contributed by atoms with Crippen LogP contribution in [0.25, 0.3) is 10.9 Å². The van der Waals surface area contributed by atoms with Crippen LogP contribution in [0.3, 0.4) is 0 Å². The Hall–Kier alpha value is -2.78. The molecular formula is C26H29F3N4OS. The van der Waals surface area contributed by atoms with Gasteiger partial charge in [-0.1, -0.05) is 18.2 Å². The van der Waals surface area contributed by atoms with Crippen LogP contribution < -0.4 is 15.5 Å². The minimum atomic E-state index is -4.38. The predicted octanol–water partition coefficient (Wildman–Crippen LogP) is 5.24. The van der Waals surface area contributed by atoms with E-state index in [0.29, 0.717) is 23.9 Å². The molecule has 0 saturated carbocycles. The van der Waals surface area contributed by atoms with E-state index in [0.717, 1.165) is 67.4 Å². The molecule has 0 bridgehead atoms. The number of hydrogen-bond donors (Lipinski definition) is 2. The number of anilines is 1. The van der Waals surface area contributed by atoms with Crippen molar-refractivity contribution in [3.8, 4) is 0 Å². The average molecular weight is 503 g/mol. The van der Waals surface area contributed by atoms with Crippen molar-refractivity contribution in [1.29, 1.82) is 0 Å². The molecule has 186 valence electrons. The topological polar surface area (TPSA) is 57.3 Å². The van der Waals surface area contributed by atoms with Gasteiger partial charge in [0.15, 0.2) is 0 Å². The monoisotopic (exact) mass is 502 g/mol. The summed E-state index contributed by atoms with van der Waals surface area (Å²) in [7, 11) is 0. The molecule has 1 fully saturated rings. The fourth-order valence-electron chi connectivity index (χ4n) is 4.03. The van der Waals surface area contributed by atoms with E-state index in [9.17, 15) is 18.0 Å². The lowest BCUT2D eigenvalue weighted by Crippen LogP contribution is -2.43. The van der Waals surface area contributed by atoms with Crippen molar-refractivity contribution in [2.45, 2.75) is 36.9 Å². The van der Waals surface area contributed by atoms with Gasteiger partial charge in [-0.05, 0) is 54.5 Å². The summed E-state index contributed by atoms with van der Waals surface area (Å²) in [5, 5.41) is 7.04. The number of halogens is 3. The highest BCUT2D eigenvalue weighted by atomic mass is 32.2. The van der Waals surface area contributed by atoms with Crippen LogP contribution in [0.4, 0.5) is 18.9 Å². The van der Waals surface area contributed by atoms with E-state index in [1.807, 2.05) is 6.07 Å². The highest BCUT2D eigenvalue weighted by molar-refractivity contribution is 7.99. The van der Waals surface area contributed by atoms with Crippen molar-refractivity contribution in [3.05, 3.63) is 65.9 Å².